The first kappa shape index (κ1) is 10.6. The number of H-pyrrole nitrogens is 1. The Bertz CT molecular complexity index is 611. The number of aromatic amines is 1. The van der Waals surface area contributed by atoms with Crippen LogP contribution in [0.5, 0.6) is 0 Å². The monoisotopic (exact) mass is 215 g/mol. The number of rotatable bonds is 2. The van der Waals surface area contributed by atoms with E-state index in [9.17, 15) is 9.59 Å². The van der Waals surface area contributed by atoms with Crippen LogP contribution in [0.25, 0.3) is 10.9 Å². The molecule has 0 saturated heterocycles. The summed E-state index contributed by atoms with van der Waals surface area (Å²) in [5.74, 6) is 0.0441. The number of ketones is 1. The number of carbonyl (C=O) groups excluding carboxylic acids is 1. The maximum absolute atomic E-state index is 11.8. The number of aryl methyl sites for hydroxylation is 1. The minimum absolute atomic E-state index is 0.0370. The number of aromatic nitrogens is 1. The molecule has 1 heterocycles. The van der Waals surface area contributed by atoms with Crippen molar-refractivity contribution in [1.29, 1.82) is 0 Å². The molecule has 0 atom stereocenters. The fourth-order valence-electron chi connectivity index (χ4n) is 1.78. The Hall–Kier alpha value is -1.90. The van der Waals surface area contributed by atoms with Crippen LogP contribution in [0.2, 0.25) is 0 Å². The predicted molar refractivity (Wildman–Crippen MR) is 63.7 cm³/mol. The smallest absolute Gasteiger partial charge is 0.189 e. The molecule has 0 aliphatic carbocycles. The zero-order chi connectivity index (χ0) is 11.7. The van der Waals surface area contributed by atoms with Crippen molar-refractivity contribution in [3.63, 3.8) is 0 Å². The van der Waals surface area contributed by atoms with Crippen LogP contribution in [0.3, 0.4) is 0 Å². The lowest BCUT2D eigenvalue weighted by Gasteiger charge is -2.03. The fraction of sp³-hybridized carbons (Fsp3) is 0.231. The summed E-state index contributed by atoms with van der Waals surface area (Å²) in [5.41, 5.74) is 2.52. The minimum atomic E-state index is -0.0370. The van der Waals surface area contributed by atoms with E-state index in [1.165, 1.54) is 13.0 Å². The van der Waals surface area contributed by atoms with E-state index in [1.807, 2.05) is 19.1 Å². The molecule has 0 saturated carbocycles. The number of hydrogen-bond donors (Lipinski definition) is 1. The van der Waals surface area contributed by atoms with Crippen LogP contribution in [-0.4, -0.2) is 10.8 Å². The molecule has 1 aromatic heterocycles. The molecule has 0 spiro atoms. The summed E-state index contributed by atoms with van der Waals surface area (Å²) in [5, 5.41) is 0.665. The molecule has 2 rings (SSSR count). The molecule has 0 aliphatic rings. The molecule has 2 aromatic rings. The number of fused-ring (bicyclic) bond motifs is 1. The summed E-state index contributed by atoms with van der Waals surface area (Å²) in [6.07, 6.45) is 0.277. The molecule has 1 N–H and O–H groups in total. The quantitative estimate of drug-likeness (QED) is 0.832. The zero-order valence-electron chi connectivity index (χ0n) is 9.33. The number of nitrogens with one attached hydrogen (secondary N) is 1. The summed E-state index contributed by atoms with van der Waals surface area (Å²) >= 11 is 0. The van der Waals surface area contributed by atoms with Crippen molar-refractivity contribution in [2.45, 2.75) is 20.3 Å². The van der Waals surface area contributed by atoms with Gasteiger partial charge in [0.05, 0.1) is 0 Å². The second-order valence-corrected chi connectivity index (χ2v) is 4.09. The van der Waals surface area contributed by atoms with Crippen LogP contribution >= 0.6 is 0 Å². The van der Waals surface area contributed by atoms with Gasteiger partial charge in [-0.2, -0.15) is 0 Å². The molecule has 1 aromatic carbocycles. The first-order chi connectivity index (χ1) is 7.56. The van der Waals surface area contributed by atoms with Crippen LogP contribution in [0, 0.1) is 6.92 Å². The van der Waals surface area contributed by atoms with Crippen molar-refractivity contribution in [1.82, 2.24) is 4.98 Å². The van der Waals surface area contributed by atoms with Gasteiger partial charge in [-0.1, -0.05) is 6.07 Å². The Balaban J connectivity index is 2.65. The van der Waals surface area contributed by atoms with Gasteiger partial charge in [0, 0.05) is 29.1 Å². The highest BCUT2D eigenvalue weighted by atomic mass is 16.1. The van der Waals surface area contributed by atoms with E-state index in [0.717, 1.165) is 11.1 Å². The van der Waals surface area contributed by atoms with Gasteiger partial charge < -0.3 is 4.98 Å². The number of pyridine rings is 1. The lowest BCUT2D eigenvalue weighted by atomic mass is 10.1. The standard InChI is InChI=1S/C13H13NO2/c1-8-3-4-11-12(5-8)14-10(6-9(2)15)7-13(11)16/h3-5,7H,6H2,1-2H3,(H,14,16). The van der Waals surface area contributed by atoms with Crippen molar-refractivity contribution < 1.29 is 4.79 Å². The molecule has 3 heteroatoms. The topological polar surface area (TPSA) is 49.9 Å². The van der Waals surface area contributed by atoms with E-state index in [4.69, 9.17) is 0 Å². The van der Waals surface area contributed by atoms with E-state index in [2.05, 4.69) is 4.98 Å². The van der Waals surface area contributed by atoms with Crippen molar-refractivity contribution >= 4 is 16.7 Å². The van der Waals surface area contributed by atoms with Gasteiger partial charge in [-0.25, -0.2) is 0 Å². The van der Waals surface area contributed by atoms with Crippen molar-refractivity contribution in [3.05, 3.63) is 45.7 Å². The van der Waals surface area contributed by atoms with E-state index in [0.29, 0.717) is 11.1 Å². The lowest BCUT2D eigenvalue weighted by Crippen LogP contribution is -2.08. The van der Waals surface area contributed by atoms with E-state index in [1.54, 1.807) is 6.07 Å². The van der Waals surface area contributed by atoms with Gasteiger partial charge in [0.25, 0.3) is 0 Å². The maximum atomic E-state index is 11.8. The van der Waals surface area contributed by atoms with Gasteiger partial charge >= 0.3 is 0 Å². The van der Waals surface area contributed by atoms with Gasteiger partial charge in [-0.3, -0.25) is 9.59 Å². The number of hydrogen-bond acceptors (Lipinski definition) is 2. The van der Waals surface area contributed by atoms with Crippen LogP contribution in [0.4, 0.5) is 0 Å². The molecule has 0 amide bonds. The van der Waals surface area contributed by atoms with E-state index < -0.39 is 0 Å². The summed E-state index contributed by atoms with van der Waals surface area (Å²) in [7, 11) is 0. The van der Waals surface area contributed by atoms with E-state index in [-0.39, 0.29) is 17.6 Å². The van der Waals surface area contributed by atoms with Crippen molar-refractivity contribution in [2.75, 3.05) is 0 Å². The van der Waals surface area contributed by atoms with Gasteiger partial charge in [-0.05, 0) is 31.5 Å². The molecule has 16 heavy (non-hydrogen) atoms. The minimum Gasteiger partial charge on any atom is -0.358 e. The van der Waals surface area contributed by atoms with Crippen molar-refractivity contribution in [2.24, 2.45) is 0 Å². The molecule has 0 bridgehead atoms. The van der Waals surface area contributed by atoms with Gasteiger partial charge in [0.2, 0.25) is 0 Å². The largest absolute Gasteiger partial charge is 0.358 e. The molecule has 0 fully saturated rings. The van der Waals surface area contributed by atoms with Crippen LogP contribution in [0.15, 0.2) is 29.1 Å². The number of carbonyl (C=O) groups is 1. The van der Waals surface area contributed by atoms with Gasteiger partial charge in [0.1, 0.15) is 5.78 Å². The zero-order valence-corrected chi connectivity index (χ0v) is 9.33. The second-order valence-electron chi connectivity index (χ2n) is 4.09. The molecule has 3 nitrogen and oxygen atoms in total. The average Bonchev–Trinajstić information content (AvgIpc) is 2.15. The summed E-state index contributed by atoms with van der Waals surface area (Å²) < 4.78 is 0. The first-order valence-corrected chi connectivity index (χ1v) is 5.18. The normalized spacial score (nSPS) is 10.6. The third-order valence-electron chi connectivity index (χ3n) is 2.48. The number of benzene rings is 1. The molecule has 0 radical (unpaired) electrons. The molecule has 0 unspecified atom stereocenters. The molecular weight excluding hydrogens is 202 g/mol. The SMILES string of the molecule is CC(=O)Cc1cc(=O)c2ccc(C)cc2[nH]1. The molecular formula is C13H13NO2. The summed E-state index contributed by atoms with van der Waals surface area (Å²) in [6, 6.07) is 7.13. The Morgan fingerprint density at radius 3 is 2.75 bits per heavy atom. The Kier molecular flexibility index (Phi) is 2.60. The van der Waals surface area contributed by atoms with Crippen molar-refractivity contribution in [3.8, 4) is 0 Å². The summed E-state index contributed by atoms with van der Waals surface area (Å²) in [6.45, 7) is 3.48. The maximum Gasteiger partial charge on any atom is 0.189 e. The predicted octanol–water partition coefficient (Wildman–Crippen LogP) is 1.97. The highest BCUT2D eigenvalue weighted by molar-refractivity contribution is 5.81. The highest BCUT2D eigenvalue weighted by Gasteiger charge is 2.04. The Labute approximate surface area is 93.1 Å². The van der Waals surface area contributed by atoms with Crippen LogP contribution in [0.1, 0.15) is 18.2 Å². The molecule has 0 aliphatic heterocycles. The number of Topliss-reactive ketones (excluding diaryl/α,β-unsaturated/α-hetero) is 1. The van der Waals surface area contributed by atoms with Crippen LogP contribution in [-0.2, 0) is 11.2 Å². The van der Waals surface area contributed by atoms with E-state index >= 15 is 0 Å². The fourth-order valence-corrected chi connectivity index (χ4v) is 1.78. The Morgan fingerprint density at radius 1 is 1.31 bits per heavy atom. The van der Waals surface area contributed by atoms with Gasteiger partial charge in [-0.15, -0.1) is 0 Å². The second kappa shape index (κ2) is 3.93. The third-order valence-corrected chi connectivity index (χ3v) is 2.48. The highest BCUT2D eigenvalue weighted by Crippen LogP contribution is 2.10. The Morgan fingerprint density at radius 2 is 2.06 bits per heavy atom. The van der Waals surface area contributed by atoms with Crippen LogP contribution < -0.4 is 5.43 Å². The van der Waals surface area contributed by atoms with Gasteiger partial charge in [0.15, 0.2) is 5.43 Å². The first-order valence-electron chi connectivity index (χ1n) is 5.18. The summed E-state index contributed by atoms with van der Waals surface area (Å²) in [4.78, 5) is 25.9. The lowest BCUT2D eigenvalue weighted by molar-refractivity contribution is -0.116. The average molecular weight is 215 g/mol. The molecule has 82 valence electrons. The third kappa shape index (κ3) is 2.03.